The molecule has 3 rings (SSSR count). The second kappa shape index (κ2) is 7.91. The van der Waals surface area contributed by atoms with Crippen LogP contribution in [0.5, 0.6) is 0 Å². The molecule has 0 unspecified atom stereocenters. The Morgan fingerprint density at radius 2 is 1.64 bits per heavy atom. The number of hydrogen-bond donors (Lipinski definition) is 3. The monoisotopic (exact) mass is 378 g/mol. The van der Waals surface area contributed by atoms with Gasteiger partial charge in [0, 0.05) is 11.4 Å². The molecule has 0 atom stereocenters. The van der Waals surface area contributed by atoms with Crippen LogP contribution in [-0.2, 0) is 11.3 Å². The highest BCUT2D eigenvalue weighted by molar-refractivity contribution is 6.05. The van der Waals surface area contributed by atoms with E-state index in [1.165, 1.54) is 4.68 Å². The first kappa shape index (κ1) is 19.1. The van der Waals surface area contributed by atoms with E-state index in [2.05, 4.69) is 20.9 Å². The van der Waals surface area contributed by atoms with E-state index in [1.807, 2.05) is 51.1 Å². The van der Waals surface area contributed by atoms with Crippen LogP contribution in [-0.4, -0.2) is 26.8 Å². The molecular formula is C20H22N6O2. The maximum atomic E-state index is 12.4. The molecule has 1 heterocycles. The van der Waals surface area contributed by atoms with Gasteiger partial charge in [0.25, 0.3) is 5.91 Å². The number of anilines is 3. The maximum absolute atomic E-state index is 12.4. The molecule has 2 aromatic carbocycles. The quantitative estimate of drug-likeness (QED) is 0.631. The lowest BCUT2D eigenvalue weighted by Crippen LogP contribution is -2.21. The molecule has 0 spiro atoms. The largest absolute Gasteiger partial charge is 0.382 e. The summed E-state index contributed by atoms with van der Waals surface area (Å²) in [5.41, 5.74) is 10.5. The third kappa shape index (κ3) is 4.35. The molecule has 8 nitrogen and oxygen atoms in total. The average Bonchev–Trinajstić information content (AvgIpc) is 3.00. The van der Waals surface area contributed by atoms with Gasteiger partial charge in [-0.2, -0.15) is 0 Å². The first-order valence-corrected chi connectivity index (χ1v) is 8.77. The second-order valence-corrected chi connectivity index (χ2v) is 6.65. The molecule has 0 fully saturated rings. The van der Waals surface area contributed by atoms with Gasteiger partial charge in [-0.15, -0.1) is 5.10 Å². The van der Waals surface area contributed by atoms with Gasteiger partial charge < -0.3 is 16.4 Å². The summed E-state index contributed by atoms with van der Waals surface area (Å²) in [6.07, 6.45) is 0. The average molecular weight is 378 g/mol. The summed E-state index contributed by atoms with van der Waals surface area (Å²) in [5.74, 6) is -0.771. The third-order valence-electron chi connectivity index (χ3n) is 4.38. The van der Waals surface area contributed by atoms with Gasteiger partial charge in [0.2, 0.25) is 5.91 Å². The Labute approximate surface area is 162 Å². The Bertz CT molecular complexity index is 1020. The molecule has 0 saturated carbocycles. The molecule has 0 aliphatic heterocycles. The summed E-state index contributed by atoms with van der Waals surface area (Å²) in [7, 11) is 0. The second-order valence-electron chi connectivity index (χ2n) is 6.65. The van der Waals surface area contributed by atoms with E-state index in [1.54, 1.807) is 12.1 Å². The highest BCUT2D eigenvalue weighted by Gasteiger charge is 2.19. The first-order valence-electron chi connectivity index (χ1n) is 8.77. The van der Waals surface area contributed by atoms with Crippen molar-refractivity contribution in [2.45, 2.75) is 27.3 Å². The number of rotatable bonds is 5. The van der Waals surface area contributed by atoms with Gasteiger partial charge in [0.15, 0.2) is 11.5 Å². The number of aryl methyl sites for hydroxylation is 3. The van der Waals surface area contributed by atoms with Gasteiger partial charge in [-0.25, -0.2) is 4.68 Å². The van der Waals surface area contributed by atoms with Crippen molar-refractivity contribution in [1.29, 1.82) is 0 Å². The van der Waals surface area contributed by atoms with E-state index in [9.17, 15) is 9.59 Å². The lowest BCUT2D eigenvalue weighted by molar-refractivity contribution is -0.116. The van der Waals surface area contributed by atoms with E-state index in [0.29, 0.717) is 11.4 Å². The molecule has 4 N–H and O–H groups in total. The van der Waals surface area contributed by atoms with Crippen molar-refractivity contribution in [2.75, 3.05) is 16.4 Å². The van der Waals surface area contributed by atoms with Crippen molar-refractivity contribution in [2.24, 2.45) is 0 Å². The van der Waals surface area contributed by atoms with Gasteiger partial charge in [0.1, 0.15) is 6.54 Å². The van der Waals surface area contributed by atoms with Crippen LogP contribution in [0, 0.1) is 20.8 Å². The van der Waals surface area contributed by atoms with Crippen molar-refractivity contribution >= 4 is 29.0 Å². The number of nitrogen functional groups attached to an aromatic ring is 1. The molecular weight excluding hydrogens is 356 g/mol. The lowest BCUT2D eigenvalue weighted by Gasteiger charge is -2.08. The molecule has 0 bridgehead atoms. The van der Waals surface area contributed by atoms with Crippen LogP contribution in [0.4, 0.5) is 17.2 Å². The Balaban J connectivity index is 1.66. The number of carbonyl (C=O) groups is 2. The number of benzene rings is 2. The van der Waals surface area contributed by atoms with Gasteiger partial charge >= 0.3 is 0 Å². The Hall–Kier alpha value is -3.68. The number of hydrogen-bond acceptors (Lipinski definition) is 5. The van der Waals surface area contributed by atoms with E-state index in [-0.39, 0.29) is 24.0 Å². The van der Waals surface area contributed by atoms with Crippen LogP contribution >= 0.6 is 0 Å². The summed E-state index contributed by atoms with van der Waals surface area (Å²) >= 11 is 0. The standard InChI is InChI=1S/C20H22N6O2/c1-12-4-7-15(8-5-12)23-20(28)18-19(21)26(25-24-18)11-17(27)22-16-9-6-13(2)14(3)10-16/h4-10H,11,21H2,1-3H3,(H,22,27)(H,23,28). The Morgan fingerprint density at radius 1 is 0.964 bits per heavy atom. The summed E-state index contributed by atoms with van der Waals surface area (Å²) in [6, 6.07) is 13.0. The highest BCUT2D eigenvalue weighted by atomic mass is 16.2. The van der Waals surface area contributed by atoms with Crippen LogP contribution in [0.3, 0.4) is 0 Å². The molecule has 28 heavy (non-hydrogen) atoms. The lowest BCUT2D eigenvalue weighted by atomic mass is 10.1. The normalized spacial score (nSPS) is 10.5. The third-order valence-corrected chi connectivity index (χ3v) is 4.38. The van der Waals surface area contributed by atoms with Gasteiger partial charge in [0.05, 0.1) is 0 Å². The van der Waals surface area contributed by atoms with Gasteiger partial charge in [-0.05, 0) is 56.2 Å². The molecule has 144 valence electrons. The molecule has 2 amide bonds. The minimum absolute atomic E-state index is 0.0276. The summed E-state index contributed by atoms with van der Waals surface area (Å²) in [4.78, 5) is 24.6. The summed E-state index contributed by atoms with van der Waals surface area (Å²) < 4.78 is 1.19. The predicted molar refractivity (Wildman–Crippen MR) is 108 cm³/mol. The van der Waals surface area contributed by atoms with Crippen LogP contribution in [0.15, 0.2) is 42.5 Å². The van der Waals surface area contributed by atoms with E-state index in [4.69, 9.17) is 5.73 Å². The predicted octanol–water partition coefficient (Wildman–Crippen LogP) is 2.68. The van der Waals surface area contributed by atoms with Crippen LogP contribution in [0.1, 0.15) is 27.2 Å². The molecule has 0 aliphatic carbocycles. The topological polar surface area (TPSA) is 115 Å². The SMILES string of the molecule is Cc1ccc(NC(=O)c2nnn(CC(=O)Nc3ccc(C)c(C)c3)c2N)cc1. The molecule has 1 aromatic heterocycles. The summed E-state index contributed by atoms with van der Waals surface area (Å²) in [5, 5.41) is 13.1. The van der Waals surface area contributed by atoms with Crippen molar-refractivity contribution in [3.8, 4) is 0 Å². The fourth-order valence-corrected chi connectivity index (χ4v) is 2.58. The van der Waals surface area contributed by atoms with Crippen molar-refractivity contribution in [1.82, 2.24) is 15.0 Å². The van der Waals surface area contributed by atoms with Gasteiger partial charge in [-0.3, -0.25) is 9.59 Å². The number of nitrogens with two attached hydrogens (primary N) is 1. The zero-order chi connectivity index (χ0) is 20.3. The smallest absolute Gasteiger partial charge is 0.280 e. The first-order chi connectivity index (χ1) is 13.3. The molecule has 0 radical (unpaired) electrons. The fourth-order valence-electron chi connectivity index (χ4n) is 2.58. The van der Waals surface area contributed by atoms with E-state index in [0.717, 1.165) is 16.7 Å². The minimum atomic E-state index is -0.484. The minimum Gasteiger partial charge on any atom is -0.382 e. The molecule has 0 saturated heterocycles. The number of aromatic nitrogens is 3. The fraction of sp³-hybridized carbons (Fsp3) is 0.200. The zero-order valence-electron chi connectivity index (χ0n) is 16.0. The maximum Gasteiger partial charge on any atom is 0.280 e. The molecule has 3 aromatic rings. The van der Waals surface area contributed by atoms with Crippen LogP contribution < -0.4 is 16.4 Å². The highest BCUT2D eigenvalue weighted by Crippen LogP contribution is 2.16. The van der Waals surface area contributed by atoms with Gasteiger partial charge in [-0.1, -0.05) is 29.0 Å². The van der Waals surface area contributed by atoms with Crippen LogP contribution in [0.2, 0.25) is 0 Å². The number of nitrogens with one attached hydrogen (secondary N) is 2. The number of amides is 2. The van der Waals surface area contributed by atoms with Crippen molar-refractivity contribution in [3.05, 3.63) is 64.8 Å². The van der Waals surface area contributed by atoms with E-state index < -0.39 is 5.91 Å². The number of carbonyl (C=O) groups excluding carboxylic acids is 2. The molecule has 0 aliphatic rings. The van der Waals surface area contributed by atoms with Crippen molar-refractivity contribution in [3.63, 3.8) is 0 Å². The van der Waals surface area contributed by atoms with Crippen LogP contribution in [0.25, 0.3) is 0 Å². The number of nitrogens with zero attached hydrogens (tertiary/aromatic N) is 3. The Kier molecular flexibility index (Phi) is 5.39. The van der Waals surface area contributed by atoms with E-state index >= 15 is 0 Å². The summed E-state index contributed by atoms with van der Waals surface area (Å²) in [6.45, 7) is 5.78. The molecule has 8 heteroatoms. The zero-order valence-corrected chi connectivity index (χ0v) is 16.0. The van der Waals surface area contributed by atoms with Crippen molar-refractivity contribution < 1.29 is 9.59 Å². The Morgan fingerprint density at radius 3 is 2.32 bits per heavy atom.